The number of benzene rings is 2. The molecule has 8 heteroatoms. The topological polar surface area (TPSA) is 76.7 Å². The second-order valence-corrected chi connectivity index (χ2v) is 6.84. The summed E-state index contributed by atoms with van der Waals surface area (Å²) in [6.07, 6.45) is 0. The van der Waals surface area contributed by atoms with Crippen molar-refractivity contribution in [3.63, 3.8) is 0 Å². The number of carbonyl (C=O) groups is 2. The minimum atomic E-state index is -0.987. The number of hydrogen-bond acceptors (Lipinski definition) is 4. The molecule has 2 aromatic carbocycles. The number of rotatable bonds is 10. The second-order valence-electron chi connectivity index (χ2n) is 6.84. The Morgan fingerprint density at radius 2 is 1.53 bits per heavy atom. The fraction of sp³-hybridized carbons (Fsp3) is 0.364. The Labute approximate surface area is 174 Å². The van der Waals surface area contributed by atoms with Crippen LogP contribution >= 0.6 is 0 Å². The average molecular weight is 420 g/mol. The number of nitrogens with one attached hydrogen (secondary N) is 2. The molecule has 0 fully saturated rings. The van der Waals surface area contributed by atoms with Crippen LogP contribution < -0.4 is 20.1 Å². The lowest BCUT2D eigenvalue weighted by molar-refractivity contribution is -0.124. The third-order valence-corrected chi connectivity index (χ3v) is 4.23. The lowest BCUT2D eigenvalue weighted by atomic mass is 10.0. The van der Waals surface area contributed by atoms with Crippen LogP contribution in [-0.2, 0) is 4.79 Å². The molecule has 0 aliphatic rings. The maximum atomic E-state index is 13.8. The number of amides is 2. The van der Waals surface area contributed by atoms with Gasteiger partial charge < -0.3 is 20.1 Å². The highest BCUT2D eigenvalue weighted by atomic mass is 19.1. The predicted octanol–water partition coefficient (Wildman–Crippen LogP) is 3.31. The van der Waals surface area contributed by atoms with E-state index in [0.717, 1.165) is 17.9 Å². The van der Waals surface area contributed by atoms with Gasteiger partial charge in [0, 0.05) is 0 Å². The quantitative estimate of drug-likeness (QED) is 0.578. The molecule has 2 rings (SSSR count). The molecule has 0 aliphatic carbocycles. The van der Waals surface area contributed by atoms with Crippen LogP contribution in [0.15, 0.2) is 42.5 Å². The van der Waals surface area contributed by atoms with Crippen LogP contribution in [0, 0.1) is 17.6 Å². The third-order valence-electron chi connectivity index (χ3n) is 4.23. The van der Waals surface area contributed by atoms with Crippen LogP contribution in [0.2, 0.25) is 0 Å². The van der Waals surface area contributed by atoms with Crippen LogP contribution in [0.25, 0.3) is 0 Å². The Kier molecular flexibility index (Phi) is 8.58. The molecule has 0 aliphatic heterocycles. The van der Waals surface area contributed by atoms with Crippen LogP contribution in [0.5, 0.6) is 11.5 Å². The molecule has 1 atom stereocenters. The Morgan fingerprint density at radius 1 is 0.967 bits per heavy atom. The minimum Gasteiger partial charge on any atom is -0.494 e. The van der Waals surface area contributed by atoms with Gasteiger partial charge in [-0.25, -0.2) is 8.78 Å². The number of halogens is 2. The van der Waals surface area contributed by atoms with Crippen molar-refractivity contribution < 1.29 is 27.8 Å². The predicted molar refractivity (Wildman–Crippen MR) is 109 cm³/mol. The van der Waals surface area contributed by atoms with Crippen LogP contribution in [0.1, 0.15) is 31.1 Å². The third kappa shape index (κ3) is 6.43. The van der Waals surface area contributed by atoms with Gasteiger partial charge in [0.1, 0.15) is 41.3 Å². The summed E-state index contributed by atoms with van der Waals surface area (Å²) in [6, 6.07) is 9.26. The summed E-state index contributed by atoms with van der Waals surface area (Å²) in [5, 5.41) is 5.07. The Balaban J connectivity index is 1.87. The fourth-order valence-corrected chi connectivity index (χ4v) is 2.71. The summed E-state index contributed by atoms with van der Waals surface area (Å²) < 4.78 is 38.5. The monoisotopic (exact) mass is 420 g/mol. The zero-order valence-electron chi connectivity index (χ0n) is 17.2. The molecule has 0 unspecified atom stereocenters. The van der Waals surface area contributed by atoms with Crippen molar-refractivity contribution in [2.75, 3.05) is 19.8 Å². The lowest BCUT2D eigenvalue weighted by Gasteiger charge is -2.22. The first-order chi connectivity index (χ1) is 14.3. The summed E-state index contributed by atoms with van der Waals surface area (Å²) in [5.74, 6) is -2.36. The first kappa shape index (κ1) is 23.1. The summed E-state index contributed by atoms with van der Waals surface area (Å²) in [4.78, 5) is 24.8. The molecule has 30 heavy (non-hydrogen) atoms. The van der Waals surface area contributed by atoms with Gasteiger partial charge in [-0.1, -0.05) is 19.9 Å². The molecule has 162 valence electrons. The highest BCUT2D eigenvalue weighted by molar-refractivity contribution is 5.98. The van der Waals surface area contributed by atoms with E-state index < -0.39 is 35.1 Å². The molecular weight excluding hydrogens is 394 g/mol. The van der Waals surface area contributed by atoms with E-state index >= 15 is 0 Å². The smallest absolute Gasteiger partial charge is 0.257 e. The van der Waals surface area contributed by atoms with E-state index in [-0.39, 0.29) is 19.1 Å². The first-order valence-electron chi connectivity index (χ1n) is 9.71. The molecule has 0 radical (unpaired) electrons. The molecule has 6 nitrogen and oxygen atoms in total. The normalized spacial score (nSPS) is 11.7. The van der Waals surface area contributed by atoms with Crippen LogP contribution in [0.4, 0.5) is 8.78 Å². The van der Waals surface area contributed by atoms with E-state index in [1.165, 1.54) is 6.07 Å². The van der Waals surface area contributed by atoms with Crippen LogP contribution in [0.3, 0.4) is 0 Å². The highest BCUT2D eigenvalue weighted by Gasteiger charge is 2.27. The summed E-state index contributed by atoms with van der Waals surface area (Å²) in [5.41, 5.74) is -0.713. The fourth-order valence-electron chi connectivity index (χ4n) is 2.71. The molecule has 2 N–H and O–H groups in total. The summed E-state index contributed by atoms with van der Waals surface area (Å²) in [7, 11) is 0. The average Bonchev–Trinajstić information content (AvgIpc) is 2.70. The maximum absolute atomic E-state index is 13.8. The molecule has 0 aromatic heterocycles. The summed E-state index contributed by atoms with van der Waals surface area (Å²) in [6.45, 7) is 6.31. The molecule has 0 saturated carbocycles. The molecule has 0 spiro atoms. The minimum absolute atomic E-state index is 0.194. The van der Waals surface area contributed by atoms with Crippen LogP contribution in [-0.4, -0.2) is 37.6 Å². The second kappa shape index (κ2) is 11.1. The molecule has 0 heterocycles. The van der Waals surface area contributed by atoms with Gasteiger partial charge in [0.25, 0.3) is 5.91 Å². The first-order valence-corrected chi connectivity index (χ1v) is 9.71. The van der Waals surface area contributed by atoms with E-state index in [4.69, 9.17) is 9.47 Å². The molecule has 0 bridgehead atoms. The van der Waals surface area contributed by atoms with E-state index in [1.54, 1.807) is 38.1 Å². The Bertz CT molecular complexity index is 836. The number of carbonyl (C=O) groups excluding carboxylic acids is 2. The maximum Gasteiger partial charge on any atom is 0.257 e. The molecule has 2 amide bonds. The van der Waals surface area contributed by atoms with E-state index in [2.05, 4.69) is 10.6 Å². The Hall–Kier alpha value is -3.16. The zero-order valence-corrected chi connectivity index (χ0v) is 17.2. The van der Waals surface area contributed by atoms with Gasteiger partial charge in [0.2, 0.25) is 5.91 Å². The van der Waals surface area contributed by atoms with E-state index in [9.17, 15) is 18.4 Å². The summed E-state index contributed by atoms with van der Waals surface area (Å²) >= 11 is 0. The van der Waals surface area contributed by atoms with Gasteiger partial charge in [-0.2, -0.15) is 0 Å². The SMILES string of the molecule is CCOc1ccc(OCCNC(=O)[C@H](NC(=O)c2c(F)cccc2F)C(C)C)cc1. The van der Waals surface area contributed by atoms with Gasteiger partial charge >= 0.3 is 0 Å². The van der Waals surface area contributed by atoms with E-state index in [1.807, 2.05) is 6.92 Å². The van der Waals surface area contributed by atoms with Crippen molar-refractivity contribution in [2.45, 2.75) is 26.8 Å². The lowest BCUT2D eigenvalue weighted by Crippen LogP contribution is -2.50. The van der Waals surface area contributed by atoms with Gasteiger partial charge in [-0.3, -0.25) is 9.59 Å². The Morgan fingerprint density at radius 3 is 2.07 bits per heavy atom. The van der Waals surface area contributed by atoms with Crippen molar-refractivity contribution >= 4 is 11.8 Å². The van der Waals surface area contributed by atoms with Crippen molar-refractivity contribution in [3.8, 4) is 11.5 Å². The van der Waals surface area contributed by atoms with Crippen molar-refractivity contribution in [1.82, 2.24) is 10.6 Å². The highest BCUT2D eigenvalue weighted by Crippen LogP contribution is 2.17. The van der Waals surface area contributed by atoms with Crippen molar-refractivity contribution in [2.24, 2.45) is 5.92 Å². The van der Waals surface area contributed by atoms with Gasteiger partial charge in [-0.05, 0) is 49.2 Å². The zero-order chi connectivity index (χ0) is 22.1. The van der Waals surface area contributed by atoms with E-state index in [0.29, 0.717) is 12.4 Å². The number of ether oxygens (including phenoxy) is 2. The molecular formula is C22H26F2N2O4. The van der Waals surface area contributed by atoms with Gasteiger partial charge in [0.15, 0.2) is 0 Å². The van der Waals surface area contributed by atoms with Gasteiger partial charge in [-0.15, -0.1) is 0 Å². The molecule has 0 saturated heterocycles. The largest absolute Gasteiger partial charge is 0.494 e. The number of hydrogen-bond donors (Lipinski definition) is 2. The van der Waals surface area contributed by atoms with Gasteiger partial charge in [0.05, 0.1) is 13.2 Å². The standard InChI is InChI=1S/C22H26F2N2O4/c1-4-29-15-8-10-16(11-9-15)30-13-12-25-22(28)20(14(2)3)26-21(27)19-17(23)6-5-7-18(19)24/h5-11,14,20H,4,12-13H2,1-3H3,(H,25,28)(H,26,27)/t20-/m1/s1. The molecule has 2 aromatic rings. The van der Waals surface area contributed by atoms with Crippen molar-refractivity contribution in [1.29, 1.82) is 0 Å². The van der Waals surface area contributed by atoms with Crippen molar-refractivity contribution in [3.05, 3.63) is 59.7 Å².